The zero-order valence-corrected chi connectivity index (χ0v) is 11.3. The lowest BCUT2D eigenvalue weighted by molar-refractivity contribution is -0.121. The van der Waals surface area contributed by atoms with E-state index in [1.807, 2.05) is 0 Å². The van der Waals surface area contributed by atoms with Crippen LogP contribution in [-0.4, -0.2) is 23.4 Å². The third-order valence-electron chi connectivity index (χ3n) is 3.65. The van der Waals surface area contributed by atoms with Gasteiger partial charge in [-0.2, -0.15) is 0 Å². The van der Waals surface area contributed by atoms with Gasteiger partial charge in [-0.3, -0.25) is 0 Å². The lowest BCUT2D eigenvalue weighted by Crippen LogP contribution is -2.42. The van der Waals surface area contributed by atoms with E-state index in [2.05, 4.69) is 27.7 Å². The van der Waals surface area contributed by atoms with Crippen LogP contribution in [0.1, 0.15) is 59.8 Å². The summed E-state index contributed by atoms with van der Waals surface area (Å²) in [6.45, 7) is 9.55. The van der Waals surface area contributed by atoms with Gasteiger partial charge in [0.25, 0.3) is 0 Å². The third kappa shape index (κ3) is 4.42. The number of ether oxygens (including phenoxy) is 1. The molecule has 0 aromatic carbocycles. The Morgan fingerprint density at radius 3 is 2.56 bits per heavy atom. The molecule has 1 rings (SSSR count). The summed E-state index contributed by atoms with van der Waals surface area (Å²) in [4.78, 5) is 0. The molecule has 1 aliphatic heterocycles. The Kier molecular flexibility index (Phi) is 5.26. The molecular formula is C14H28O2. The summed E-state index contributed by atoms with van der Waals surface area (Å²) in [5.41, 5.74) is -0.456. The van der Waals surface area contributed by atoms with Crippen molar-refractivity contribution >= 4 is 0 Å². The number of aliphatic hydroxyl groups is 1. The topological polar surface area (TPSA) is 29.5 Å². The van der Waals surface area contributed by atoms with Gasteiger partial charge in [0.15, 0.2) is 0 Å². The predicted molar refractivity (Wildman–Crippen MR) is 67.5 cm³/mol. The van der Waals surface area contributed by atoms with E-state index < -0.39 is 5.60 Å². The summed E-state index contributed by atoms with van der Waals surface area (Å²) in [7, 11) is 0. The lowest BCUT2D eigenvalue weighted by Gasteiger charge is -2.38. The molecule has 0 amide bonds. The maximum Gasteiger partial charge on any atom is 0.0694 e. The Balaban J connectivity index is 2.37. The van der Waals surface area contributed by atoms with Crippen LogP contribution in [0.3, 0.4) is 0 Å². The first-order valence-electron chi connectivity index (χ1n) is 6.77. The second kappa shape index (κ2) is 6.02. The summed E-state index contributed by atoms with van der Waals surface area (Å²) < 4.78 is 5.70. The molecule has 2 unspecified atom stereocenters. The first-order valence-corrected chi connectivity index (χ1v) is 6.77. The van der Waals surface area contributed by atoms with Crippen molar-refractivity contribution in [1.29, 1.82) is 0 Å². The molecule has 1 heterocycles. The zero-order valence-electron chi connectivity index (χ0n) is 11.3. The van der Waals surface area contributed by atoms with E-state index in [4.69, 9.17) is 4.74 Å². The Morgan fingerprint density at radius 1 is 1.31 bits per heavy atom. The smallest absolute Gasteiger partial charge is 0.0694 e. The molecule has 2 heteroatoms. The van der Waals surface area contributed by atoms with Crippen molar-refractivity contribution in [3.05, 3.63) is 0 Å². The van der Waals surface area contributed by atoms with Crippen molar-refractivity contribution in [3.8, 4) is 0 Å². The predicted octanol–water partition coefficient (Wildman–Crippen LogP) is 3.38. The first-order chi connectivity index (χ1) is 7.43. The second-order valence-corrected chi connectivity index (χ2v) is 6.12. The first kappa shape index (κ1) is 14.0. The van der Waals surface area contributed by atoms with E-state index in [1.165, 1.54) is 6.42 Å². The van der Waals surface area contributed by atoms with Crippen LogP contribution in [-0.2, 0) is 4.74 Å². The van der Waals surface area contributed by atoms with E-state index in [9.17, 15) is 5.11 Å². The van der Waals surface area contributed by atoms with Gasteiger partial charge in [0.05, 0.1) is 11.7 Å². The normalized spacial score (nSPS) is 31.3. The van der Waals surface area contributed by atoms with E-state index in [-0.39, 0.29) is 6.10 Å². The Labute approximate surface area is 100 Å². The van der Waals surface area contributed by atoms with Gasteiger partial charge in [-0.15, -0.1) is 0 Å². The molecule has 0 saturated carbocycles. The molecule has 2 nitrogen and oxygen atoms in total. The largest absolute Gasteiger partial charge is 0.390 e. The SMILES string of the molecule is CC(C)CCCC1(O)CCOC(C(C)C)C1. The summed E-state index contributed by atoms with van der Waals surface area (Å²) in [5, 5.41) is 10.5. The monoisotopic (exact) mass is 228 g/mol. The van der Waals surface area contributed by atoms with Crippen molar-refractivity contribution in [2.75, 3.05) is 6.61 Å². The average Bonchev–Trinajstić information content (AvgIpc) is 2.16. The molecule has 0 bridgehead atoms. The maximum atomic E-state index is 10.5. The van der Waals surface area contributed by atoms with Crippen molar-refractivity contribution in [1.82, 2.24) is 0 Å². The molecule has 16 heavy (non-hydrogen) atoms. The Morgan fingerprint density at radius 2 is 2.00 bits per heavy atom. The fraction of sp³-hybridized carbons (Fsp3) is 1.00. The molecule has 0 spiro atoms. The Bertz CT molecular complexity index is 201. The van der Waals surface area contributed by atoms with Crippen LogP contribution in [0.15, 0.2) is 0 Å². The summed E-state index contributed by atoms with van der Waals surface area (Å²) >= 11 is 0. The van der Waals surface area contributed by atoms with Crippen molar-refractivity contribution in [3.63, 3.8) is 0 Å². The van der Waals surface area contributed by atoms with Crippen molar-refractivity contribution < 1.29 is 9.84 Å². The minimum Gasteiger partial charge on any atom is -0.390 e. The van der Waals surface area contributed by atoms with E-state index in [0.29, 0.717) is 5.92 Å². The quantitative estimate of drug-likeness (QED) is 0.781. The molecule has 0 aliphatic carbocycles. The van der Waals surface area contributed by atoms with Crippen LogP contribution in [0.25, 0.3) is 0 Å². The van der Waals surface area contributed by atoms with E-state index >= 15 is 0 Å². The summed E-state index contributed by atoms with van der Waals surface area (Å²) in [6.07, 6.45) is 5.18. The summed E-state index contributed by atoms with van der Waals surface area (Å²) in [6, 6.07) is 0. The van der Waals surface area contributed by atoms with Gasteiger partial charge in [-0.05, 0) is 24.7 Å². The van der Waals surface area contributed by atoms with Crippen LogP contribution in [0.2, 0.25) is 0 Å². The fourth-order valence-electron chi connectivity index (χ4n) is 2.43. The van der Waals surface area contributed by atoms with Gasteiger partial charge in [-0.25, -0.2) is 0 Å². The molecule has 0 aromatic rings. The van der Waals surface area contributed by atoms with Crippen LogP contribution in [0.4, 0.5) is 0 Å². The maximum absolute atomic E-state index is 10.5. The standard InChI is InChI=1S/C14H28O2/c1-11(2)6-5-7-14(15)8-9-16-13(10-14)12(3)4/h11-13,15H,5-10H2,1-4H3. The number of rotatable bonds is 5. The van der Waals surface area contributed by atoms with E-state index in [0.717, 1.165) is 38.2 Å². The fourth-order valence-corrected chi connectivity index (χ4v) is 2.43. The molecule has 0 radical (unpaired) electrons. The van der Waals surface area contributed by atoms with Gasteiger partial charge in [0.1, 0.15) is 0 Å². The highest BCUT2D eigenvalue weighted by molar-refractivity contribution is 4.86. The van der Waals surface area contributed by atoms with Crippen molar-refractivity contribution in [2.24, 2.45) is 11.8 Å². The van der Waals surface area contributed by atoms with Gasteiger partial charge >= 0.3 is 0 Å². The number of hydrogen-bond donors (Lipinski definition) is 1. The van der Waals surface area contributed by atoms with Gasteiger partial charge in [0, 0.05) is 13.0 Å². The minimum absolute atomic E-state index is 0.248. The average molecular weight is 228 g/mol. The van der Waals surface area contributed by atoms with E-state index in [1.54, 1.807) is 0 Å². The van der Waals surface area contributed by atoms with Gasteiger partial charge in [0.2, 0.25) is 0 Å². The van der Waals surface area contributed by atoms with Crippen LogP contribution in [0, 0.1) is 11.8 Å². The Hall–Kier alpha value is -0.0800. The second-order valence-electron chi connectivity index (χ2n) is 6.12. The molecule has 96 valence electrons. The third-order valence-corrected chi connectivity index (χ3v) is 3.65. The van der Waals surface area contributed by atoms with Gasteiger partial charge < -0.3 is 9.84 Å². The minimum atomic E-state index is -0.456. The molecule has 1 fully saturated rings. The molecule has 2 atom stereocenters. The molecule has 1 aliphatic rings. The highest BCUT2D eigenvalue weighted by Crippen LogP contribution is 2.32. The lowest BCUT2D eigenvalue weighted by atomic mass is 9.82. The van der Waals surface area contributed by atoms with Crippen LogP contribution in [0.5, 0.6) is 0 Å². The highest BCUT2D eigenvalue weighted by Gasteiger charge is 2.35. The van der Waals surface area contributed by atoms with Gasteiger partial charge in [-0.1, -0.05) is 40.5 Å². The molecular weight excluding hydrogens is 200 g/mol. The highest BCUT2D eigenvalue weighted by atomic mass is 16.5. The van der Waals surface area contributed by atoms with Crippen LogP contribution >= 0.6 is 0 Å². The zero-order chi connectivity index (χ0) is 12.2. The van der Waals surface area contributed by atoms with Crippen LogP contribution < -0.4 is 0 Å². The molecule has 1 saturated heterocycles. The number of hydrogen-bond acceptors (Lipinski definition) is 2. The summed E-state index contributed by atoms with van der Waals surface area (Å²) in [5.74, 6) is 1.25. The molecule has 0 aromatic heterocycles. The molecule has 1 N–H and O–H groups in total. The van der Waals surface area contributed by atoms with Crippen molar-refractivity contribution in [2.45, 2.75) is 71.5 Å².